The van der Waals surface area contributed by atoms with E-state index in [9.17, 15) is 5.26 Å². The second-order valence-electron chi connectivity index (χ2n) is 6.46. The van der Waals surface area contributed by atoms with Crippen molar-refractivity contribution in [3.8, 4) is 6.07 Å². The molecular formula is C19H18ClN3. The lowest BCUT2D eigenvalue weighted by Crippen LogP contribution is -2.29. The van der Waals surface area contributed by atoms with Gasteiger partial charge in [-0.1, -0.05) is 48.0 Å². The number of hydrogen-bond acceptors (Lipinski definition) is 3. The Morgan fingerprint density at radius 1 is 1.13 bits per heavy atom. The highest BCUT2D eigenvalue weighted by Gasteiger charge is 2.53. The van der Waals surface area contributed by atoms with E-state index in [4.69, 9.17) is 11.6 Å². The number of nitrogens with zero attached hydrogens (tertiary/aromatic N) is 3. The summed E-state index contributed by atoms with van der Waals surface area (Å²) in [5, 5.41) is 10.2. The highest BCUT2D eigenvalue weighted by Crippen LogP contribution is 2.50. The predicted molar refractivity (Wildman–Crippen MR) is 89.9 cm³/mol. The van der Waals surface area contributed by atoms with Crippen molar-refractivity contribution in [1.29, 1.82) is 5.26 Å². The molecule has 0 amide bonds. The molecule has 2 saturated heterocycles. The normalized spacial score (nSPS) is 29.6. The molecule has 2 fully saturated rings. The molecule has 2 bridgehead atoms. The van der Waals surface area contributed by atoms with Crippen molar-refractivity contribution in [3.05, 3.63) is 64.9 Å². The molecule has 4 rings (SSSR count). The van der Waals surface area contributed by atoms with Gasteiger partial charge in [-0.2, -0.15) is 5.26 Å². The van der Waals surface area contributed by atoms with Gasteiger partial charge in [0.1, 0.15) is 5.15 Å². The summed E-state index contributed by atoms with van der Waals surface area (Å²) in [7, 11) is 0. The molecule has 0 spiro atoms. The van der Waals surface area contributed by atoms with E-state index in [0.29, 0.717) is 17.2 Å². The Morgan fingerprint density at radius 2 is 1.91 bits per heavy atom. The molecule has 0 aliphatic carbocycles. The monoisotopic (exact) mass is 323 g/mol. The van der Waals surface area contributed by atoms with Crippen LogP contribution in [0, 0.1) is 17.2 Å². The smallest absolute Gasteiger partial charge is 0.129 e. The molecule has 4 heteroatoms. The number of rotatable bonds is 3. The van der Waals surface area contributed by atoms with Crippen LogP contribution in [0.2, 0.25) is 5.15 Å². The first-order chi connectivity index (χ1) is 11.3. The Labute approximate surface area is 141 Å². The molecule has 3 nitrogen and oxygen atoms in total. The Kier molecular flexibility index (Phi) is 3.80. The topological polar surface area (TPSA) is 39.9 Å². The van der Waals surface area contributed by atoms with Crippen LogP contribution in [0.15, 0.2) is 48.7 Å². The number of halogens is 1. The van der Waals surface area contributed by atoms with E-state index in [-0.39, 0.29) is 11.8 Å². The molecule has 116 valence electrons. The number of pyridine rings is 1. The maximum atomic E-state index is 9.74. The second kappa shape index (κ2) is 5.96. The minimum absolute atomic E-state index is 0.0421. The van der Waals surface area contributed by atoms with Crippen molar-refractivity contribution in [2.24, 2.45) is 5.92 Å². The molecule has 0 N–H and O–H groups in total. The van der Waals surface area contributed by atoms with Gasteiger partial charge < -0.3 is 0 Å². The van der Waals surface area contributed by atoms with Crippen LogP contribution in [0.4, 0.5) is 0 Å². The zero-order chi connectivity index (χ0) is 15.8. The van der Waals surface area contributed by atoms with Gasteiger partial charge in [0.15, 0.2) is 0 Å². The molecule has 2 aromatic rings. The molecule has 23 heavy (non-hydrogen) atoms. The first-order valence-corrected chi connectivity index (χ1v) is 8.46. The van der Waals surface area contributed by atoms with Crippen molar-refractivity contribution in [2.75, 3.05) is 0 Å². The van der Waals surface area contributed by atoms with Crippen molar-refractivity contribution < 1.29 is 0 Å². The largest absolute Gasteiger partial charge is 0.291 e. The first kappa shape index (κ1) is 14.7. The summed E-state index contributed by atoms with van der Waals surface area (Å²) >= 11 is 5.92. The quantitative estimate of drug-likeness (QED) is 0.801. The van der Waals surface area contributed by atoms with Gasteiger partial charge in [0.25, 0.3) is 0 Å². The lowest BCUT2D eigenvalue weighted by Gasteiger charge is -2.25. The number of aromatic nitrogens is 1. The Balaban J connectivity index is 1.64. The van der Waals surface area contributed by atoms with Gasteiger partial charge >= 0.3 is 0 Å². The molecule has 0 saturated carbocycles. The predicted octanol–water partition coefficient (Wildman–Crippen LogP) is 4.01. The molecule has 3 heterocycles. The molecule has 0 radical (unpaired) electrons. The Bertz CT molecular complexity index is 723. The van der Waals surface area contributed by atoms with Crippen LogP contribution < -0.4 is 0 Å². The fourth-order valence-electron chi connectivity index (χ4n) is 4.38. The van der Waals surface area contributed by atoms with Crippen LogP contribution in [0.5, 0.6) is 0 Å². The molecule has 1 aromatic heterocycles. The van der Waals surface area contributed by atoms with Crippen molar-refractivity contribution in [2.45, 2.75) is 37.4 Å². The summed E-state index contributed by atoms with van der Waals surface area (Å²) in [4.78, 5) is 6.75. The summed E-state index contributed by atoms with van der Waals surface area (Å²) in [6.07, 6.45) is 4.12. The molecule has 1 aromatic carbocycles. The third kappa shape index (κ3) is 2.52. The molecular weight excluding hydrogens is 306 g/mol. The number of hydrogen-bond donors (Lipinski definition) is 0. The van der Waals surface area contributed by atoms with Gasteiger partial charge in [-0.3, -0.25) is 4.90 Å². The lowest BCUT2D eigenvalue weighted by atomic mass is 9.77. The Hall–Kier alpha value is -1.89. The highest BCUT2D eigenvalue weighted by atomic mass is 35.5. The third-order valence-corrected chi connectivity index (χ3v) is 5.54. The van der Waals surface area contributed by atoms with E-state index in [0.717, 1.165) is 24.9 Å². The molecule has 4 atom stereocenters. The number of fused-ring (bicyclic) bond motifs is 2. The van der Waals surface area contributed by atoms with Crippen LogP contribution >= 0.6 is 11.6 Å². The van der Waals surface area contributed by atoms with Gasteiger partial charge in [0.05, 0.1) is 12.0 Å². The summed E-state index contributed by atoms with van der Waals surface area (Å²) in [5.74, 6) is 0.285. The first-order valence-electron chi connectivity index (χ1n) is 8.08. The zero-order valence-corrected chi connectivity index (χ0v) is 13.5. The number of benzene rings is 1. The Morgan fingerprint density at radius 3 is 2.61 bits per heavy atom. The average molecular weight is 324 g/mol. The number of nitriles is 1. The summed E-state index contributed by atoms with van der Waals surface area (Å²) in [6.45, 7) is 0.922. The van der Waals surface area contributed by atoms with Gasteiger partial charge in [-0.05, 0) is 30.0 Å². The third-order valence-electron chi connectivity index (χ3n) is 5.32. The second-order valence-corrected chi connectivity index (χ2v) is 6.85. The van der Waals surface area contributed by atoms with Crippen LogP contribution in [0.1, 0.15) is 29.9 Å². The van der Waals surface area contributed by atoms with Crippen molar-refractivity contribution >= 4 is 11.6 Å². The van der Waals surface area contributed by atoms with E-state index in [1.807, 2.05) is 24.4 Å². The van der Waals surface area contributed by atoms with Gasteiger partial charge in [-0.25, -0.2) is 4.98 Å². The fraction of sp³-hybridized carbons (Fsp3) is 0.368. The van der Waals surface area contributed by atoms with Gasteiger partial charge in [0.2, 0.25) is 0 Å². The standard InChI is InChI=1S/C19H18ClN3/c20-18-9-6-14(11-22-18)19-15(10-21)16-7-8-17(19)23(16)12-13-4-2-1-3-5-13/h1-6,9,11,15-17,19H,7-8,12H2/t15-,16-,17+,19-/m1/s1. The van der Waals surface area contributed by atoms with E-state index >= 15 is 0 Å². The molecule has 2 aliphatic rings. The minimum Gasteiger partial charge on any atom is -0.291 e. The summed E-state index contributed by atoms with van der Waals surface area (Å²) < 4.78 is 0. The van der Waals surface area contributed by atoms with E-state index in [1.54, 1.807) is 0 Å². The van der Waals surface area contributed by atoms with Crippen molar-refractivity contribution in [1.82, 2.24) is 9.88 Å². The summed E-state index contributed by atoms with van der Waals surface area (Å²) in [6, 6.07) is 17.7. The average Bonchev–Trinajstić information content (AvgIpc) is 3.11. The molecule has 0 unspecified atom stereocenters. The highest BCUT2D eigenvalue weighted by molar-refractivity contribution is 6.29. The van der Waals surface area contributed by atoms with E-state index in [1.165, 1.54) is 5.56 Å². The maximum absolute atomic E-state index is 9.74. The zero-order valence-electron chi connectivity index (χ0n) is 12.8. The van der Waals surface area contributed by atoms with Crippen molar-refractivity contribution in [3.63, 3.8) is 0 Å². The molecule has 2 aliphatic heterocycles. The van der Waals surface area contributed by atoms with Crippen LogP contribution in [-0.4, -0.2) is 22.0 Å². The van der Waals surface area contributed by atoms with Crippen LogP contribution in [0.3, 0.4) is 0 Å². The van der Waals surface area contributed by atoms with Gasteiger partial charge in [-0.15, -0.1) is 0 Å². The summed E-state index contributed by atoms with van der Waals surface area (Å²) in [5.41, 5.74) is 2.46. The lowest BCUT2D eigenvalue weighted by molar-refractivity contribution is 0.234. The maximum Gasteiger partial charge on any atom is 0.129 e. The van der Waals surface area contributed by atoms with Crippen LogP contribution in [-0.2, 0) is 6.54 Å². The van der Waals surface area contributed by atoms with Crippen LogP contribution in [0.25, 0.3) is 0 Å². The van der Waals surface area contributed by atoms with Gasteiger partial charge in [0, 0.05) is 30.7 Å². The SMILES string of the molecule is N#C[C@H]1[C@@H](c2ccc(Cl)nc2)[C@@H]2CC[C@H]1N2Cc1ccccc1. The van der Waals surface area contributed by atoms with E-state index in [2.05, 4.69) is 40.2 Å². The van der Waals surface area contributed by atoms with E-state index < -0.39 is 0 Å². The minimum atomic E-state index is 0.0421. The fourth-order valence-corrected chi connectivity index (χ4v) is 4.49.